The second-order valence-corrected chi connectivity index (χ2v) is 11.1. The van der Waals surface area contributed by atoms with Crippen molar-refractivity contribution in [3.8, 4) is 0 Å². The number of hydrogen-bond donors (Lipinski definition) is 0. The average molecular weight is 489 g/mol. The minimum Gasteiger partial charge on any atom is -0.302 e. The minimum atomic E-state index is 1.12. The van der Waals surface area contributed by atoms with Gasteiger partial charge in [0.05, 0.1) is 0 Å². The third-order valence-corrected chi connectivity index (χ3v) is 7.68. The minimum absolute atomic E-state index is 1.12. The molecule has 0 atom stereocenters. The lowest BCUT2D eigenvalue weighted by molar-refractivity contribution is 0.217. The van der Waals surface area contributed by atoms with E-state index in [0.29, 0.717) is 0 Å². The molecule has 0 aromatic rings. The quantitative estimate of drug-likeness (QED) is 0.0882. The number of rotatable bonds is 26. The molecule has 2 heteroatoms. The van der Waals surface area contributed by atoms with Crippen LogP contribution in [0.15, 0.2) is 24.3 Å². The highest BCUT2D eigenvalue weighted by atomic mass is 15.2. The molecule has 1 aliphatic heterocycles. The van der Waals surface area contributed by atoms with Crippen LogP contribution in [-0.2, 0) is 0 Å². The summed E-state index contributed by atoms with van der Waals surface area (Å²) in [6, 6.07) is 0. The zero-order chi connectivity index (χ0) is 25.1. The molecule has 0 saturated carbocycles. The SMILES string of the molecule is CCCCC/C=C\C/C=C\CCCCCCCCN(CCCCCCCCC)CCN1CCCC1. The number of unbranched alkanes of at least 4 members (excludes halogenated alkanes) is 15. The van der Waals surface area contributed by atoms with Crippen LogP contribution in [0, 0.1) is 0 Å². The number of likely N-dealkylation sites (tertiary alicyclic amines) is 1. The van der Waals surface area contributed by atoms with Gasteiger partial charge < -0.3 is 9.80 Å². The summed E-state index contributed by atoms with van der Waals surface area (Å²) in [7, 11) is 0. The van der Waals surface area contributed by atoms with Gasteiger partial charge in [0.1, 0.15) is 0 Å². The Morgan fingerprint density at radius 1 is 0.514 bits per heavy atom. The molecule has 1 fully saturated rings. The van der Waals surface area contributed by atoms with Gasteiger partial charge >= 0.3 is 0 Å². The highest BCUT2D eigenvalue weighted by molar-refractivity contribution is 4.92. The molecule has 2 nitrogen and oxygen atoms in total. The van der Waals surface area contributed by atoms with E-state index in [0.717, 1.165) is 6.42 Å². The van der Waals surface area contributed by atoms with Gasteiger partial charge in [-0.3, -0.25) is 0 Å². The van der Waals surface area contributed by atoms with E-state index in [1.807, 2.05) is 0 Å². The maximum atomic E-state index is 2.80. The highest BCUT2D eigenvalue weighted by Crippen LogP contribution is 2.12. The van der Waals surface area contributed by atoms with E-state index < -0.39 is 0 Å². The molecule has 1 rings (SSSR count). The van der Waals surface area contributed by atoms with Gasteiger partial charge in [-0.25, -0.2) is 0 Å². The van der Waals surface area contributed by atoms with Crippen molar-refractivity contribution in [1.82, 2.24) is 9.80 Å². The Morgan fingerprint density at radius 2 is 0.971 bits per heavy atom. The molecule has 0 N–H and O–H groups in total. The Labute approximate surface area is 222 Å². The Balaban J connectivity index is 2.01. The van der Waals surface area contributed by atoms with Crippen LogP contribution in [0.3, 0.4) is 0 Å². The molecular weight excluding hydrogens is 424 g/mol. The van der Waals surface area contributed by atoms with Crippen molar-refractivity contribution in [2.45, 2.75) is 149 Å². The van der Waals surface area contributed by atoms with E-state index in [1.54, 1.807) is 0 Å². The maximum Gasteiger partial charge on any atom is 0.0109 e. The molecule has 0 unspecified atom stereocenters. The molecule has 0 radical (unpaired) electrons. The average Bonchev–Trinajstić information content (AvgIpc) is 3.39. The van der Waals surface area contributed by atoms with E-state index in [9.17, 15) is 0 Å². The van der Waals surface area contributed by atoms with Crippen molar-refractivity contribution in [1.29, 1.82) is 0 Å². The molecule has 0 aromatic carbocycles. The fraction of sp³-hybridized carbons (Fsp3) is 0.879. The molecule has 1 heterocycles. The summed E-state index contributed by atoms with van der Waals surface area (Å²) < 4.78 is 0. The topological polar surface area (TPSA) is 6.48 Å². The summed E-state index contributed by atoms with van der Waals surface area (Å²) in [6.07, 6.45) is 38.5. The van der Waals surface area contributed by atoms with Crippen molar-refractivity contribution < 1.29 is 0 Å². The summed E-state index contributed by atoms with van der Waals surface area (Å²) in [4.78, 5) is 5.49. The van der Waals surface area contributed by atoms with Gasteiger partial charge in [0.25, 0.3) is 0 Å². The van der Waals surface area contributed by atoms with Gasteiger partial charge in [0, 0.05) is 13.1 Å². The van der Waals surface area contributed by atoms with Crippen molar-refractivity contribution in [2.75, 3.05) is 39.3 Å². The number of hydrogen-bond acceptors (Lipinski definition) is 2. The van der Waals surface area contributed by atoms with Gasteiger partial charge in [0.2, 0.25) is 0 Å². The first-order valence-electron chi connectivity index (χ1n) is 16.1. The summed E-state index contributed by atoms with van der Waals surface area (Å²) in [5.41, 5.74) is 0. The normalized spacial score (nSPS) is 14.9. The van der Waals surface area contributed by atoms with Crippen LogP contribution >= 0.6 is 0 Å². The molecule has 206 valence electrons. The predicted octanol–water partition coefficient (Wildman–Crippen LogP) is 9.95. The fourth-order valence-electron chi connectivity index (χ4n) is 5.24. The first-order valence-corrected chi connectivity index (χ1v) is 16.1. The van der Waals surface area contributed by atoms with E-state index in [2.05, 4.69) is 48.0 Å². The molecule has 0 bridgehead atoms. The Bertz CT molecular complexity index is 464. The smallest absolute Gasteiger partial charge is 0.0109 e. The first-order chi connectivity index (χ1) is 17.4. The molecule has 1 aliphatic rings. The lowest BCUT2D eigenvalue weighted by Crippen LogP contribution is -2.35. The van der Waals surface area contributed by atoms with Crippen LogP contribution in [-0.4, -0.2) is 49.1 Å². The second-order valence-electron chi connectivity index (χ2n) is 11.1. The summed E-state index contributed by atoms with van der Waals surface area (Å²) in [5, 5.41) is 0. The second kappa shape index (κ2) is 26.5. The summed E-state index contributed by atoms with van der Waals surface area (Å²) in [6.45, 7) is 12.5. The van der Waals surface area contributed by atoms with Crippen LogP contribution in [0.5, 0.6) is 0 Å². The zero-order valence-corrected chi connectivity index (χ0v) is 24.3. The number of nitrogens with zero attached hydrogens (tertiary/aromatic N) is 2. The summed E-state index contributed by atoms with van der Waals surface area (Å²) >= 11 is 0. The van der Waals surface area contributed by atoms with Crippen molar-refractivity contribution >= 4 is 0 Å². The monoisotopic (exact) mass is 489 g/mol. The van der Waals surface area contributed by atoms with Gasteiger partial charge in [-0.15, -0.1) is 0 Å². The van der Waals surface area contributed by atoms with Crippen LogP contribution in [0.4, 0.5) is 0 Å². The van der Waals surface area contributed by atoms with Gasteiger partial charge in [-0.1, -0.05) is 115 Å². The van der Waals surface area contributed by atoms with E-state index in [-0.39, 0.29) is 0 Å². The largest absolute Gasteiger partial charge is 0.302 e. The first kappa shape index (κ1) is 32.4. The lowest BCUT2D eigenvalue weighted by Gasteiger charge is -2.25. The van der Waals surface area contributed by atoms with Crippen LogP contribution in [0.25, 0.3) is 0 Å². The highest BCUT2D eigenvalue weighted by Gasteiger charge is 2.13. The van der Waals surface area contributed by atoms with E-state index in [4.69, 9.17) is 0 Å². The van der Waals surface area contributed by atoms with Gasteiger partial charge in [-0.05, 0) is 84.0 Å². The standard InChI is InChI=1S/C33H64N2/c1-3-5-7-9-11-12-13-14-15-16-17-18-19-21-23-25-29-34(32-33-35-30-26-27-31-35)28-24-22-20-10-8-6-4-2/h11-12,14-15H,3-10,13,16-33H2,1-2H3/b12-11-,15-14-. The van der Waals surface area contributed by atoms with Gasteiger partial charge in [0.15, 0.2) is 0 Å². The Kier molecular flexibility index (Phi) is 24.5. The van der Waals surface area contributed by atoms with Crippen molar-refractivity contribution in [3.63, 3.8) is 0 Å². The third kappa shape index (κ3) is 22.3. The molecule has 0 amide bonds. The van der Waals surface area contributed by atoms with Crippen LogP contribution < -0.4 is 0 Å². The molecular formula is C33H64N2. The van der Waals surface area contributed by atoms with Crippen LogP contribution in [0.2, 0.25) is 0 Å². The van der Waals surface area contributed by atoms with E-state index in [1.165, 1.54) is 168 Å². The van der Waals surface area contributed by atoms with Crippen molar-refractivity contribution in [3.05, 3.63) is 24.3 Å². The summed E-state index contributed by atoms with van der Waals surface area (Å²) in [5.74, 6) is 0. The van der Waals surface area contributed by atoms with E-state index >= 15 is 0 Å². The maximum absolute atomic E-state index is 2.80. The molecule has 35 heavy (non-hydrogen) atoms. The van der Waals surface area contributed by atoms with Gasteiger partial charge in [-0.2, -0.15) is 0 Å². The molecule has 0 aromatic heterocycles. The number of allylic oxidation sites excluding steroid dienone is 4. The van der Waals surface area contributed by atoms with Crippen LogP contribution in [0.1, 0.15) is 149 Å². The predicted molar refractivity (Wildman–Crippen MR) is 159 cm³/mol. The third-order valence-electron chi connectivity index (χ3n) is 7.68. The Hall–Kier alpha value is -0.600. The molecule has 0 aliphatic carbocycles. The molecule has 0 spiro atoms. The molecule has 1 saturated heterocycles. The lowest BCUT2D eigenvalue weighted by atomic mass is 10.1. The Morgan fingerprint density at radius 3 is 1.54 bits per heavy atom. The fourth-order valence-corrected chi connectivity index (χ4v) is 5.24. The van der Waals surface area contributed by atoms with Crippen molar-refractivity contribution in [2.24, 2.45) is 0 Å². The zero-order valence-electron chi connectivity index (χ0n) is 24.3.